The Morgan fingerprint density at radius 3 is 2.70 bits per heavy atom. The molecule has 0 bridgehead atoms. The van der Waals surface area contributed by atoms with Crippen LogP contribution in [0.3, 0.4) is 0 Å². The molecule has 0 atom stereocenters. The lowest BCUT2D eigenvalue weighted by molar-refractivity contribution is 0.867. The zero-order valence-corrected chi connectivity index (χ0v) is 13.7. The average Bonchev–Trinajstić information content (AvgIpc) is 3.28. The first-order valence-electron chi connectivity index (χ1n) is 7.02. The number of benzene rings is 1. The number of hydrogen-bond donors (Lipinski definition) is 0. The van der Waals surface area contributed by atoms with Crippen molar-refractivity contribution in [3.63, 3.8) is 0 Å². The predicted molar refractivity (Wildman–Crippen MR) is 86.1 cm³/mol. The number of nitrogens with zero attached hydrogens (tertiary/aromatic N) is 2. The maximum Gasteiger partial charge on any atom is 0.161 e. The third-order valence-corrected chi connectivity index (χ3v) is 4.92. The van der Waals surface area contributed by atoms with Gasteiger partial charge in [0.1, 0.15) is 5.15 Å². The van der Waals surface area contributed by atoms with Gasteiger partial charge in [0.2, 0.25) is 0 Å². The van der Waals surface area contributed by atoms with E-state index in [2.05, 4.69) is 46.0 Å². The molecule has 1 aliphatic rings. The molecule has 0 N–H and O–H groups in total. The molecule has 0 amide bonds. The molecule has 1 aromatic carbocycles. The summed E-state index contributed by atoms with van der Waals surface area (Å²) < 4.78 is 0.827. The zero-order chi connectivity index (χ0) is 14.1. The highest BCUT2D eigenvalue weighted by Gasteiger charge is 2.27. The van der Waals surface area contributed by atoms with E-state index in [9.17, 15) is 0 Å². The topological polar surface area (TPSA) is 25.8 Å². The Morgan fingerprint density at radius 1 is 1.25 bits per heavy atom. The molecular weight excluding hydrogens is 336 g/mol. The van der Waals surface area contributed by atoms with Gasteiger partial charge in [0.25, 0.3) is 0 Å². The lowest BCUT2D eigenvalue weighted by Crippen LogP contribution is -2.00. The molecular formula is C16H16BrClN2. The van der Waals surface area contributed by atoms with Crippen molar-refractivity contribution in [2.75, 3.05) is 0 Å². The summed E-state index contributed by atoms with van der Waals surface area (Å²) in [6, 6.07) is 8.42. The SMILES string of the molecule is CCCc1nc(-c2ccccc2C2CC2)nc(Cl)c1Br. The molecule has 0 spiro atoms. The zero-order valence-electron chi connectivity index (χ0n) is 11.4. The minimum absolute atomic E-state index is 0.504. The van der Waals surface area contributed by atoms with E-state index in [0.29, 0.717) is 11.1 Å². The van der Waals surface area contributed by atoms with Gasteiger partial charge >= 0.3 is 0 Å². The second-order valence-corrected chi connectivity index (χ2v) is 6.36. The van der Waals surface area contributed by atoms with Crippen LogP contribution in [0.5, 0.6) is 0 Å². The second kappa shape index (κ2) is 5.82. The first-order valence-corrected chi connectivity index (χ1v) is 8.19. The third-order valence-electron chi connectivity index (χ3n) is 3.59. The van der Waals surface area contributed by atoms with E-state index in [1.807, 2.05) is 6.07 Å². The molecule has 4 heteroatoms. The van der Waals surface area contributed by atoms with E-state index in [1.54, 1.807) is 0 Å². The quantitative estimate of drug-likeness (QED) is 0.690. The van der Waals surface area contributed by atoms with E-state index >= 15 is 0 Å². The van der Waals surface area contributed by atoms with Gasteiger partial charge in [-0.1, -0.05) is 49.2 Å². The summed E-state index contributed by atoms with van der Waals surface area (Å²) in [5, 5.41) is 0.504. The standard InChI is InChI=1S/C16H16BrClN2/c1-2-5-13-14(17)15(18)20-16(19-13)12-7-4-3-6-11(12)10-8-9-10/h3-4,6-7,10H,2,5,8-9H2,1H3. The van der Waals surface area contributed by atoms with Crippen LogP contribution in [0.4, 0.5) is 0 Å². The summed E-state index contributed by atoms with van der Waals surface area (Å²) in [5.41, 5.74) is 3.48. The van der Waals surface area contributed by atoms with Crippen molar-refractivity contribution >= 4 is 27.5 Å². The molecule has 20 heavy (non-hydrogen) atoms. The van der Waals surface area contributed by atoms with Gasteiger partial charge in [-0.05, 0) is 46.7 Å². The van der Waals surface area contributed by atoms with Crippen molar-refractivity contribution in [1.29, 1.82) is 0 Å². The Hall–Kier alpha value is -0.930. The number of aryl methyl sites for hydroxylation is 1. The molecule has 0 saturated heterocycles. The fourth-order valence-electron chi connectivity index (χ4n) is 2.44. The maximum absolute atomic E-state index is 6.25. The molecule has 0 radical (unpaired) electrons. The summed E-state index contributed by atoms with van der Waals surface area (Å²) in [7, 11) is 0. The third kappa shape index (κ3) is 2.75. The smallest absolute Gasteiger partial charge is 0.161 e. The van der Waals surface area contributed by atoms with Gasteiger partial charge < -0.3 is 0 Å². The molecule has 2 nitrogen and oxygen atoms in total. The maximum atomic E-state index is 6.25. The van der Waals surface area contributed by atoms with Crippen molar-refractivity contribution in [3.8, 4) is 11.4 Å². The van der Waals surface area contributed by atoms with Crippen LogP contribution < -0.4 is 0 Å². The Balaban J connectivity index is 2.10. The van der Waals surface area contributed by atoms with Crippen molar-refractivity contribution in [1.82, 2.24) is 9.97 Å². The van der Waals surface area contributed by atoms with E-state index in [0.717, 1.165) is 34.4 Å². The molecule has 1 heterocycles. The molecule has 1 aromatic heterocycles. The van der Waals surface area contributed by atoms with E-state index < -0.39 is 0 Å². The van der Waals surface area contributed by atoms with Crippen LogP contribution in [-0.2, 0) is 6.42 Å². The molecule has 1 aliphatic carbocycles. The van der Waals surface area contributed by atoms with Crippen molar-refractivity contribution < 1.29 is 0 Å². The minimum atomic E-state index is 0.504. The van der Waals surface area contributed by atoms with Gasteiger partial charge in [-0.3, -0.25) is 0 Å². The van der Waals surface area contributed by atoms with Gasteiger partial charge in [0.15, 0.2) is 5.82 Å². The number of aromatic nitrogens is 2. The normalized spacial score (nSPS) is 14.6. The Bertz CT molecular complexity index is 638. The van der Waals surface area contributed by atoms with E-state index in [4.69, 9.17) is 16.6 Å². The fourth-order valence-corrected chi connectivity index (χ4v) is 3.00. The first-order chi connectivity index (χ1) is 9.70. The molecule has 0 unspecified atom stereocenters. The Labute approximate surface area is 132 Å². The molecule has 104 valence electrons. The number of hydrogen-bond acceptors (Lipinski definition) is 2. The van der Waals surface area contributed by atoms with Gasteiger partial charge in [-0.15, -0.1) is 0 Å². The van der Waals surface area contributed by atoms with Gasteiger partial charge in [-0.2, -0.15) is 0 Å². The highest BCUT2D eigenvalue weighted by atomic mass is 79.9. The minimum Gasteiger partial charge on any atom is -0.232 e. The van der Waals surface area contributed by atoms with Crippen LogP contribution in [0.15, 0.2) is 28.7 Å². The summed E-state index contributed by atoms with van der Waals surface area (Å²) in [6.07, 6.45) is 4.48. The summed E-state index contributed by atoms with van der Waals surface area (Å²) in [5.74, 6) is 1.43. The second-order valence-electron chi connectivity index (χ2n) is 5.21. The largest absolute Gasteiger partial charge is 0.232 e. The predicted octanol–water partition coefficient (Wildman–Crippen LogP) is 5.39. The Morgan fingerprint density at radius 2 is 2.00 bits per heavy atom. The lowest BCUT2D eigenvalue weighted by atomic mass is 10.0. The van der Waals surface area contributed by atoms with Crippen LogP contribution in [0.2, 0.25) is 5.15 Å². The summed E-state index contributed by atoms with van der Waals surface area (Å²) in [4.78, 5) is 9.19. The van der Waals surface area contributed by atoms with Crippen molar-refractivity contribution in [3.05, 3.63) is 45.1 Å². The van der Waals surface area contributed by atoms with Crippen LogP contribution in [0, 0.1) is 0 Å². The van der Waals surface area contributed by atoms with Crippen molar-refractivity contribution in [2.45, 2.75) is 38.5 Å². The molecule has 1 fully saturated rings. The lowest BCUT2D eigenvalue weighted by Gasteiger charge is -2.11. The number of halogens is 2. The van der Waals surface area contributed by atoms with Gasteiger partial charge in [0.05, 0.1) is 10.2 Å². The van der Waals surface area contributed by atoms with Crippen LogP contribution in [-0.4, -0.2) is 9.97 Å². The summed E-state index contributed by atoms with van der Waals surface area (Å²) >= 11 is 9.74. The van der Waals surface area contributed by atoms with Gasteiger partial charge in [0, 0.05) is 5.56 Å². The highest BCUT2D eigenvalue weighted by molar-refractivity contribution is 9.10. The molecule has 1 saturated carbocycles. The first kappa shape index (κ1) is 14.0. The van der Waals surface area contributed by atoms with Gasteiger partial charge in [-0.25, -0.2) is 9.97 Å². The summed E-state index contributed by atoms with van der Waals surface area (Å²) in [6.45, 7) is 2.14. The molecule has 2 aromatic rings. The van der Waals surface area contributed by atoms with Crippen LogP contribution in [0.25, 0.3) is 11.4 Å². The highest BCUT2D eigenvalue weighted by Crippen LogP contribution is 2.44. The van der Waals surface area contributed by atoms with E-state index in [-0.39, 0.29) is 0 Å². The molecule has 3 rings (SSSR count). The Kier molecular flexibility index (Phi) is 4.08. The van der Waals surface area contributed by atoms with Crippen LogP contribution in [0.1, 0.15) is 43.4 Å². The average molecular weight is 352 g/mol. The monoisotopic (exact) mass is 350 g/mol. The van der Waals surface area contributed by atoms with Crippen LogP contribution >= 0.6 is 27.5 Å². The fraction of sp³-hybridized carbons (Fsp3) is 0.375. The number of rotatable bonds is 4. The van der Waals surface area contributed by atoms with E-state index in [1.165, 1.54) is 18.4 Å². The molecule has 0 aliphatic heterocycles. The van der Waals surface area contributed by atoms with Crippen molar-refractivity contribution in [2.24, 2.45) is 0 Å².